The smallest absolute Gasteiger partial charge is 1.00 e. The first-order valence-electron chi connectivity index (χ1n) is 1.94. The third kappa shape index (κ3) is 5.63. The molecule has 0 aromatic heterocycles. The average Bonchev–Trinajstić information content (AvgIpc) is 1.68. The van der Waals surface area contributed by atoms with Gasteiger partial charge in [-0.15, -0.1) is 6.42 Å². The minimum absolute atomic E-state index is 0. The summed E-state index contributed by atoms with van der Waals surface area (Å²) in [5, 5.41) is 0. The second-order valence-electron chi connectivity index (χ2n) is 0.865. The molecular weight excluding hydrogens is 99.0 g/mol. The van der Waals surface area contributed by atoms with Crippen LogP contribution in [0.5, 0.6) is 0 Å². The molecule has 0 unspecified atom stereocenters. The van der Waals surface area contributed by atoms with Crippen LogP contribution in [0.15, 0.2) is 0 Å². The molecule has 0 N–H and O–H groups in total. The van der Waals surface area contributed by atoms with Gasteiger partial charge in [-0.25, -0.2) is 4.79 Å². The molecule has 2 nitrogen and oxygen atoms in total. The Kier molecular flexibility index (Phi) is 8.76. The monoisotopic (exact) mass is 106 g/mol. The first-order chi connectivity index (χ1) is 3.31. The Balaban J connectivity index is -0.000000180. The molecule has 0 fully saturated rings. The number of hydrogen-bond donors (Lipinski definition) is 0. The van der Waals surface area contributed by atoms with Crippen molar-refractivity contribution in [1.29, 1.82) is 0 Å². The molecule has 0 aromatic rings. The van der Waals surface area contributed by atoms with Crippen LogP contribution in [0, 0.1) is 12.3 Å². The molecule has 0 bridgehead atoms. The van der Waals surface area contributed by atoms with Crippen molar-refractivity contribution in [2.45, 2.75) is 6.92 Å². The maximum atomic E-state index is 9.95. The summed E-state index contributed by atoms with van der Waals surface area (Å²) in [5.41, 5.74) is 0. The SMILES string of the molecule is C#CC(=O)OCC.[H-].[Li+]. The number of terminal acetylenes is 1. The topological polar surface area (TPSA) is 26.3 Å². The summed E-state index contributed by atoms with van der Waals surface area (Å²) in [6, 6.07) is 0. The number of hydrogen-bond acceptors (Lipinski definition) is 2. The molecule has 0 aliphatic heterocycles. The van der Waals surface area contributed by atoms with Gasteiger partial charge in [-0.05, 0) is 6.92 Å². The first-order valence-corrected chi connectivity index (χ1v) is 1.94. The Morgan fingerprint density at radius 3 is 2.62 bits per heavy atom. The van der Waals surface area contributed by atoms with Crippen molar-refractivity contribution in [2.75, 3.05) is 6.61 Å². The Labute approximate surface area is 62.3 Å². The predicted molar refractivity (Wildman–Crippen MR) is 26.6 cm³/mol. The van der Waals surface area contributed by atoms with E-state index >= 15 is 0 Å². The summed E-state index contributed by atoms with van der Waals surface area (Å²) in [5.74, 6) is 1.21. The molecule has 0 saturated heterocycles. The molecule has 0 amide bonds. The van der Waals surface area contributed by atoms with Gasteiger partial charge < -0.3 is 6.16 Å². The van der Waals surface area contributed by atoms with Gasteiger partial charge in [0, 0.05) is 5.92 Å². The zero-order valence-corrected chi connectivity index (χ0v) is 5.10. The normalized spacial score (nSPS) is 6.00. The third-order valence-electron chi connectivity index (χ3n) is 0.393. The van der Waals surface area contributed by atoms with E-state index < -0.39 is 5.97 Å². The van der Waals surface area contributed by atoms with Crippen LogP contribution in [0.3, 0.4) is 0 Å². The zero-order valence-electron chi connectivity index (χ0n) is 6.10. The quantitative estimate of drug-likeness (QED) is 0.157. The van der Waals surface area contributed by atoms with Gasteiger partial charge in [0.05, 0.1) is 6.61 Å². The third-order valence-corrected chi connectivity index (χ3v) is 0.393. The molecule has 0 aliphatic carbocycles. The summed E-state index contributed by atoms with van der Waals surface area (Å²) in [6.07, 6.45) is 4.63. The molecular formula is C5H7LiO2. The van der Waals surface area contributed by atoms with Crippen molar-refractivity contribution >= 4 is 5.97 Å². The number of esters is 1. The number of rotatable bonds is 1. The van der Waals surface area contributed by atoms with E-state index in [2.05, 4.69) is 11.2 Å². The molecule has 0 rings (SSSR count). The van der Waals surface area contributed by atoms with Gasteiger partial charge in [0.25, 0.3) is 0 Å². The molecule has 0 radical (unpaired) electrons. The fourth-order valence-electron chi connectivity index (χ4n) is 0.173. The number of carbonyl (C=O) groups excluding carboxylic acids is 1. The van der Waals surface area contributed by atoms with Gasteiger partial charge in [-0.2, -0.15) is 0 Å². The summed E-state index contributed by atoms with van der Waals surface area (Å²) in [6.45, 7) is 2.05. The Hall–Kier alpha value is -0.373. The molecule has 8 heavy (non-hydrogen) atoms. The van der Waals surface area contributed by atoms with E-state index in [1.807, 2.05) is 0 Å². The molecule has 0 heterocycles. The van der Waals surface area contributed by atoms with E-state index in [-0.39, 0.29) is 20.3 Å². The van der Waals surface area contributed by atoms with Crippen LogP contribution in [-0.4, -0.2) is 12.6 Å². The van der Waals surface area contributed by atoms with Crippen LogP contribution in [0.4, 0.5) is 0 Å². The Bertz CT molecular complexity index is 108. The van der Waals surface area contributed by atoms with Gasteiger partial charge in [0.2, 0.25) is 0 Å². The van der Waals surface area contributed by atoms with Crippen molar-refractivity contribution < 1.29 is 29.8 Å². The molecule has 40 valence electrons. The fraction of sp³-hybridized carbons (Fsp3) is 0.400. The minimum Gasteiger partial charge on any atom is -1.00 e. The van der Waals surface area contributed by atoms with Gasteiger partial charge >= 0.3 is 24.8 Å². The summed E-state index contributed by atoms with van der Waals surface area (Å²) in [7, 11) is 0. The molecule has 0 saturated carbocycles. The summed E-state index contributed by atoms with van der Waals surface area (Å²) in [4.78, 5) is 9.95. The van der Waals surface area contributed by atoms with E-state index in [0.717, 1.165) is 0 Å². The van der Waals surface area contributed by atoms with Crippen LogP contribution < -0.4 is 18.9 Å². The van der Waals surface area contributed by atoms with E-state index in [9.17, 15) is 4.79 Å². The summed E-state index contributed by atoms with van der Waals surface area (Å²) >= 11 is 0. The molecule has 0 atom stereocenters. The molecule has 0 aromatic carbocycles. The van der Waals surface area contributed by atoms with Crippen LogP contribution in [0.25, 0.3) is 0 Å². The second-order valence-corrected chi connectivity index (χ2v) is 0.865. The van der Waals surface area contributed by atoms with Crippen LogP contribution >= 0.6 is 0 Å². The Morgan fingerprint density at radius 2 is 2.50 bits per heavy atom. The Morgan fingerprint density at radius 1 is 2.00 bits per heavy atom. The standard InChI is InChI=1S/C5H6O2.Li.H/c1-3-5(6)7-4-2;;/h1H,4H2,2H3;;/q;+1;-1. The van der Waals surface area contributed by atoms with Crippen molar-refractivity contribution in [3.63, 3.8) is 0 Å². The fourth-order valence-corrected chi connectivity index (χ4v) is 0.173. The predicted octanol–water partition coefficient (Wildman–Crippen LogP) is -2.70. The zero-order chi connectivity index (χ0) is 5.70. The van der Waals surface area contributed by atoms with Crippen LogP contribution in [0.1, 0.15) is 8.35 Å². The maximum absolute atomic E-state index is 9.95. The van der Waals surface area contributed by atoms with E-state index in [1.165, 1.54) is 0 Å². The second kappa shape index (κ2) is 6.63. The van der Waals surface area contributed by atoms with E-state index in [4.69, 9.17) is 0 Å². The van der Waals surface area contributed by atoms with Crippen molar-refractivity contribution in [2.24, 2.45) is 0 Å². The van der Waals surface area contributed by atoms with Crippen molar-refractivity contribution in [1.82, 2.24) is 0 Å². The first kappa shape index (κ1) is 10.6. The van der Waals surface area contributed by atoms with Gasteiger partial charge in [0.15, 0.2) is 0 Å². The minimum atomic E-state index is -0.595. The molecule has 0 aliphatic rings. The number of carbonyl (C=O) groups is 1. The van der Waals surface area contributed by atoms with E-state index in [1.54, 1.807) is 12.8 Å². The average molecular weight is 106 g/mol. The maximum Gasteiger partial charge on any atom is 1.00 e. The van der Waals surface area contributed by atoms with Gasteiger partial charge in [-0.1, -0.05) is 0 Å². The number of ether oxygens (including phenoxy) is 1. The van der Waals surface area contributed by atoms with Gasteiger partial charge in [0.1, 0.15) is 0 Å². The molecule has 3 heteroatoms. The van der Waals surface area contributed by atoms with Crippen molar-refractivity contribution in [3.8, 4) is 12.3 Å². The van der Waals surface area contributed by atoms with Gasteiger partial charge in [-0.3, -0.25) is 0 Å². The summed E-state index contributed by atoms with van der Waals surface area (Å²) < 4.78 is 4.32. The van der Waals surface area contributed by atoms with E-state index in [0.29, 0.717) is 6.61 Å². The van der Waals surface area contributed by atoms with Crippen molar-refractivity contribution in [3.05, 3.63) is 0 Å². The molecule has 0 spiro atoms. The largest absolute Gasteiger partial charge is 1.00 e. The van der Waals surface area contributed by atoms with Crippen LogP contribution in [0.2, 0.25) is 0 Å². The van der Waals surface area contributed by atoms with Crippen LogP contribution in [-0.2, 0) is 9.53 Å².